The number of para-hydroxylation sites is 2. The average molecular weight is 845 g/mol. The maximum Gasteiger partial charge on any atom is 0.246 e. The molecular weight excluding hydrogens is 797 g/mol. The zero-order chi connectivity index (χ0) is 42.7. The fraction of sp³-hybridized carbons (Fsp3) is 0.250. The molecule has 0 amide bonds. The highest BCUT2D eigenvalue weighted by molar-refractivity contribution is 7.89. The summed E-state index contributed by atoms with van der Waals surface area (Å²) >= 11 is 0. The third kappa shape index (κ3) is 7.10. The van der Waals surface area contributed by atoms with Gasteiger partial charge in [-0.25, -0.2) is 16.8 Å². The summed E-state index contributed by atoms with van der Waals surface area (Å²) in [6.45, 7) is 11.0. The number of aromatic hydroxyl groups is 2. The van der Waals surface area contributed by atoms with E-state index in [1.54, 1.807) is 64.1 Å². The van der Waals surface area contributed by atoms with Crippen LogP contribution in [0.25, 0.3) is 11.1 Å². The first-order chi connectivity index (χ1) is 28.6. The first kappa shape index (κ1) is 41.4. The Morgan fingerprint density at radius 1 is 0.483 bits per heavy atom. The lowest BCUT2D eigenvalue weighted by Crippen LogP contribution is -2.34. The topological polar surface area (TPSA) is 134 Å². The number of hydrogen-bond donors (Lipinski definition) is 2. The van der Waals surface area contributed by atoms with E-state index in [1.165, 1.54) is 8.61 Å². The molecule has 2 heterocycles. The first-order valence-electron chi connectivity index (χ1n) is 19.8. The summed E-state index contributed by atoms with van der Waals surface area (Å²) in [5, 5.41) is 24.4. The lowest BCUT2D eigenvalue weighted by molar-refractivity contribution is 0.0655. The molecule has 2 N–H and O–H groups in total. The highest BCUT2D eigenvalue weighted by Gasteiger charge is 2.48. The lowest BCUT2D eigenvalue weighted by atomic mass is 9.97. The number of ether oxygens (including phenoxy) is 2. The summed E-state index contributed by atoms with van der Waals surface area (Å²) in [6.07, 6.45) is -2.48. The van der Waals surface area contributed by atoms with E-state index >= 15 is 0 Å². The minimum atomic E-state index is -4.24. The van der Waals surface area contributed by atoms with E-state index in [0.29, 0.717) is 22.3 Å². The molecular formula is C48H48N2O8S2. The van der Waals surface area contributed by atoms with Crippen LogP contribution in [0.4, 0.5) is 0 Å². The second kappa shape index (κ2) is 15.9. The normalized spacial score (nSPS) is 20.2. The van der Waals surface area contributed by atoms with Crippen LogP contribution >= 0.6 is 0 Å². The predicted molar refractivity (Wildman–Crippen MR) is 230 cm³/mol. The van der Waals surface area contributed by atoms with Gasteiger partial charge >= 0.3 is 0 Å². The van der Waals surface area contributed by atoms with E-state index in [0.717, 1.165) is 22.3 Å². The van der Waals surface area contributed by atoms with Gasteiger partial charge in [-0.15, -0.1) is 0 Å². The second-order valence-corrected chi connectivity index (χ2v) is 19.4. The fourth-order valence-corrected chi connectivity index (χ4v) is 13.3. The van der Waals surface area contributed by atoms with Crippen molar-refractivity contribution in [2.45, 2.75) is 75.9 Å². The molecule has 2 aliphatic heterocycles. The Bertz CT molecular complexity index is 2590. The molecule has 0 bridgehead atoms. The monoisotopic (exact) mass is 844 g/mol. The summed E-state index contributed by atoms with van der Waals surface area (Å²) in [5.74, 6) is -0.600. The maximum atomic E-state index is 14.9. The molecule has 0 radical (unpaired) electrons. The molecule has 0 spiro atoms. The molecule has 310 valence electrons. The van der Waals surface area contributed by atoms with Gasteiger partial charge in [0.05, 0.1) is 35.1 Å². The highest BCUT2D eigenvalue weighted by atomic mass is 32.2. The molecule has 0 unspecified atom stereocenters. The molecule has 0 aliphatic carbocycles. The Hall–Kier alpha value is -5.34. The number of phenols is 2. The van der Waals surface area contributed by atoms with Crippen molar-refractivity contribution in [3.8, 4) is 22.6 Å². The number of sulfonamides is 2. The molecule has 10 nitrogen and oxygen atoms in total. The van der Waals surface area contributed by atoms with E-state index in [-0.39, 0.29) is 56.8 Å². The van der Waals surface area contributed by atoms with E-state index in [1.807, 2.05) is 98.8 Å². The minimum absolute atomic E-state index is 0.0219. The first-order valence-corrected chi connectivity index (χ1v) is 22.7. The van der Waals surface area contributed by atoms with Crippen molar-refractivity contribution in [2.24, 2.45) is 0 Å². The maximum absolute atomic E-state index is 14.9. The molecule has 0 aromatic heterocycles. The summed E-state index contributed by atoms with van der Waals surface area (Å²) < 4.78 is 75.0. The van der Waals surface area contributed by atoms with Crippen LogP contribution in [0.3, 0.4) is 0 Å². The second-order valence-electron chi connectivity index (χ2n) is 15.8. The number of nitrogens with zero attached hydrogens (tertiary/aromatic N) is 2. The Morgan fingerprint density at radius 2 is 0.817 bits per heavy atom. The summed E-state index contributed by atoms with van der Waals surface area (Å²) in [7, 11) is -8.49. The van der Waals surface area contributed by atoms with Gasteiger partial charge in [-0.1, -0.05) is 132 Å². The van der Waals surface area contributed by atoms with Crippen LogP contribution in [-0.4, -0.2) is 48.9 Å². The SMILES string of the molecule is Cc1cc(C)c(S(=O)(=O)N2[C@@H](c3ccccc3)CO[C@H]2c2cccc(-c3cccc([C@@H]4OC[C@H](c5ccccc5)N4S(=O)(=O)c4c(C)cc(C)cc4C)c3O)c2O)c(C)c1. The molecule has 12 heteroatoms. The lowest BCUT2D eigenvalue weighted by Gasteiger charge is -2.30. The molecule has 2 fully saturated rings. The van der Waals surface area contributed by atoms with Gasteiger partial charge < -0.3 is 19.7 Å². The Morgan fingerprint density at radius 3 is 1.15 bits per heavy atom. The molecule has 2 saturated heterocycles. The van der Waals surface area contributed by atoms with Gasteiger partial charge in [-0.2, -0.15) is 8.61 Å². The molecule has 0 saturated carbocycles. The quantitative estimate of drug-likeness (QED) is 0.147. The third-order valence-electron chi connectivity index (χ3n) is 11.5. The fourth-order valence-electron chi connectivity index (χ4n) is 9.18. The highest BCUT2D eigenvalue weighted by Crippen LogP contribution is 2.51. The van der Waals surface area contributed by atoms with Gasteiger partial charge in [-0.05, 0) is 74.9 Å². The van der Waals surface area contributed by atoms with Crippen LogP contribution in [0.1, 0.15) is 80.2 Å². The average Bonchev–Trinajstić information content (AvgIpc) is 3.85. The smallest absolute Gasteiger partial charge is 0.246 e. The Kier molecular flexibility index (Phi) is 11.0. The number of aryl methyl sites for hydroxylation is 6. The van der Waals surface area contributed by atoms with Gasteiger partial charge in [0.15, 0.2) is 12.5 Å². The predicted octanol–water partition coefficient (Wildman–Crippen LogP) is 9.54. The molecule has 6 aromatic carbocycles. The number of phenolic OH excluding ortho intramolecular Hbond substituents is 2. The largest absolute Gasteiger partial charge is 0.507 e. The number of rotatable bonds is 9. The van der Waals surface area contributed by atoms with Crippen molar-refractivity contribution in [3.63, 3.8) is 0 Å². The molecule has 2 aliphatic rings. The van der Waals surface area contributed by atoms with Crippen molar-refractivity contribution in [3.05, 3.63) is 177 Å². The third-order valence-corrected chi connectivity index (χ3v) is 15.8. The van der Waals surface area contributed by atoms with Crippen molar-refractivity contribution >= 4 is 20.0 Å². The molecule has 6 aromatic rings. The van der Waals surface area contributed by atoms with E-state index in [2.05, 4.69) is 0 Å². The van der Waals surface area contributed by atoms with E-state index in [4.69, 9.17) is 9.47 Å². The number of benzene rings is 6. The zero-order valence-electron chi connectivity index (χ0n) is 34.3. The molecule has 60 heavy (non-hydrogen) atoms. The van der Waals surface area contributed by atoms with Crippen LogP contribution in [0.15, 0.2) is 131 Å². The van der Waals surface area contributed by atoms with Crippen LogP contribution < -0.4 is 0 Å². The van der Waals surface area contributed by atoms with Gasteiger partial charge in [-0.3, -0.25) is 0 Å². The van der Waals surface area contributed by atoms with Crippen molar-refractivity contribution < 1.29 is 36.5 Å². The summed E-state index contributed by atoms with van der Waals surface area (Å²) in [4.78, 5) is 0.345. The standard InChI is InChI=1S/C48H48N2O8S2/c1-29-23-31(3)45(32(4)24-29)59(53,54)49-41(35-15-9-7-10-16-35)27-57-47(49)39-21-13-19-37(43(39)51)38-20-14-22-40(44(38)52)48-50(42(28-58-48)36-17-11-8-12-18-36)60(55,56)46-33(5)25-30(2)26-34(46)6/h7-26,41-42,47-48,51-52H,27-28H2,1-6H3/t41-,42-,47+,48+/m1/s1. The van der Waals surface area contributed by atoms with Gasteiger partial charge in [0.1, 0.15) is 11.5 Å². The van der Waals surface area contributed by atoms with Gasteiger partial charge in [0, 0.05) is 22.3 Å². The van der Waals surface area contributed by atoms with Crippen molar-refractivity contribution in [1.82, 2.24) is 8.61 Å². The summed E-state index contributed by atoms with van der Waals surface area (Å²) in [5.41, 5.74) is 6.44. The molecule has 4 atom stereocenters. The van der Waals surface area contributed by atoms with E-state index < -0.39 is 44.6 Å². The number of hydrogen-bond acceptors (Lipinski definition) is 8. The van der Waals surface area contributed by atoms with Crippen molar-refractivity contribution in [2.75, 3.05) is 13.2 Å². The van der Waals surface area contributed by atoms with Crippen LogP contribution in [0.2, 0.25) is 0 Å². The van der Waals surface area contributed by atoms with E-state index in [9.17, 15) is 27.0 Å². The zero-order valence-corrected chi connectivity index (χ0v) is 36.0. The van der Waals surface area contributed by atoms with Crippen LogP contribution in [0.5, 0.6) is 11.5 Å². The minimum Gasteiger partial charge on any atom is -0.507 e. The van der Waals surface area contributed by atoms with Crippen LogP contribution in [-0.2, 0) is 29.5 Å². The van der Waals surface area contributed by atoms with Gasteiger partial charge in [0.25, 0.3) is 0 Å². The Balaban J connectivity index is 1.24. The van der Waals surface area contributed by atoms with Gasteiger partial charge in [0.2, 0.25) is 20.0 Å². The van der Waals surface area contributed by atoms with Crippen LogP contribution in [0, 0.1) is 41.5 Å². The van der Waals surface area contributed by atoms with Crippen molar-refractivity contribution in [1.29, 1.82) is 0 Å². The molecule has 8 rings (SSSR count). The Labute approximate surface area is 352 Å². The summed E-state index contributed by atoms with van der Waals surface area (Å²) in [6, 6.07) is 34.2.